The molecule has 29 heavy (non-hydrogen) atoms. The lowest BCUT2D eigenvalue weighted by atomic mass is 9.82. The normalized spacial score (nSPS) is 19.8. The Hall–Kier alpha value is -2.60. The number of aliphatic imine (C=N–C) groups is 1. The van der Waals surface area contributed by atoms with Crippen molar-refractivity contribution in [1.29, 1.82) is 0 Å². The lowest BCUT2D eigenvalue weighted by Gasteiger charge is -2.39. The van der Waals surface area contributed by atoms with Gasteiger partial charge in [0, 0.05) is 46.1 Å². The fourth-order valence-corrected chi connectivity index (χ4v) is 3.88. The molecule has 6 nitrogen and oxygen atoms in total. The SMILES string of the molecule is CN=C(NCc1ccc(OCCOC)nc1)N1CCC(c2ccccc2)C(C)C1. The minimum absolute atomic E-state index is 0.505. The number of rotatable bonds is 7. The maximum Gasteiger partial charge on any atom is 0.213 e. The standard InChI is InChI=1S/C23H32N4O2/c1-18-17-27(12-11-21(18)20-7-5-4-6-8-20)23(24-2)26-16-19-9-10-22(25-15-19)29-14-13-28-3/h4-10,15,18,21H,11-14,16-17H2,1-3H3,(H,24,26). The third kappa shape index (κ3) is 5.94. The largest absolute Gasteiger partial charge is 0.475 e. The number of likely N-dealkylation sites (tertiary alicyclic amines) is 1. The van der Waals surface area contributed by atoms with Crippen LogP contribution in [0.25, 0.3) is 0 Å². The van der Waals surface area contributed by atoms with Gasteiger partial charge in [0.25, 0.3) is 0 Å². The molecule has 1 aromatic carbocycles. The van der Waals surface area contributed by atoms with Crippen molar-refractivity contribution in [3.05, 3.63) is 59.8 Å². The van der Waals surface area contributed by atoms with Crippen molar-refractivity contribution in [2.45, 2.75) is 25.8 Å². The van der Waals surface area contributed by atoms with Crippen molar-refractivity contribution < 1.29 is 9.47 Å². The second-order valence-electron chi connectivity index (χ2n) is 7.48. The van der Waals surface area contributed by atoms with E-state index in [0.717, 1.165) is 31.0 Å². The van der Waals surface area contributed by atoms with Gasteiger partial charge in [0.15, 0.2) is 5.96 Å². The summed E-state index contributed by atoms with van der Waals surface area (Å²) in [5.41, 5.74) is 2.54. The molecule has 1 aromatic heterocycles. The summed E-state index contributed by atoms with van der Waals surface area (Å²) in [6.45, 7) is 6.10. The molecular formula is C23H32N4O2. The van der Waals surface area contributed by atoms with Gasteiger partial charge in [-0.15, -0.1) is 0 Å². The molecule has 1 N–H and O–H groups in total. The third-order valence-electron chi connectivity index (χ3n) is 5.43. The molecule has 0 radical (unpaired) electrons. The molecule has 0 spiro atoms. The number of hydrogen-bond acceptors (Lipinski definition) is 4. The molecule has 0 saturated carbocycles. The minimum atomic E-state index is 0.505. The molecule has 2 unspecified atom stereocenters. The van der Waals surface area contributed by atoms with Crippen LogP contribution in [-0.4, -0.2) is 56.3 Å². The first-order valence-electron chi connectivity index (χ1n) is 10.3. The molecule has 2 aromatic rings. The van der Waals surface area contributed by atoms with Crippen LogP contribution in [0.4, 0.5) is 0 Å². The highest BCUT2D eigenvalue weighted by atomic mass is 16.5. The molecule has 1 aliphatic rings. The zero-order valence-electron chi connectivity index (χ0n) is 17.7. The second kappa shape index (κ2) is 10.8. The maximum absolute atomic E-state index is 5.51. The fourth-order valence-electron chi connectivity index (χ4n) is 3.88. The first-order valence-corrected chi connectivity index (χ1v) is 10.3. The quantitative estimate of drug-likeness (QED) is 0.442. The summed E-state index contributed by atoms with van der Waals surface area (Å²) in [6, 6.07) is 14.8. The summed E-state index contributed by atoms with van der Waals surface area (Å²) in [7, 11) is 3.50. The summed E-state index contributed by atoms with van der Waals surface area (Å²) >= 11 is 0. The molecule has 0 bridgehead atoms. The van der Waals surface area contributed by atoms with E-state index < -0.39 is 0 Å². The number of ether oxygens (including phenoxy) is 2. The van der Waals surface area contributed by atoms with Crippen molar-refractivity contribution in [2.75, 3.05) is 40.5 Å². The Morgan fingerprint density at radius 1 is 1.21 bits per heavy atom. The highest BCUT2D eigenvalue weighted by Gasteiger charge is 2.28. The van der Waals surface area contributed by atoms with Crippen LogP contribution in [0.5, 0.6) is 5.88 Å². The number of hydrogen-bond donors (Lipinski definition) is 1. The van der Waals surface area contributed by atoms with Gasteiger partial charge in [0.05, 0.1) is 6.61 Å². The van der Waals surface area contributed by atoms with Gasteiger partial charge in [0.2, 0.25) is 5.88 Å². The van der Waals surface area contributed by atoms with Crippen LogP contribution in [0.2, 0.25) is 0 Å². The number of aromatic nitrogens is 1. The zero-order chi connectivity index (χ0) is 20.5. The van der Waals surface area contributed by atoms with E-state index in [1.165, 1.54) is 5.56 Å². The van der Waals surface area contributed by atoms with Crippen LogP contribution in [0, 0.1) is 5.92 Å². The van der Waals surface area contributed by atoms with Crippen LogP contribution in [0.3, 0.4) is 0 Å². The van der Waals surface area contributed by atoms with Gasteiger partial charge < -0.3 is 19.7 Å². The molecule has 6 heteroatoms. The molecule has 2 heterocycles. The van der Waals surface area contributed by atoms with E-state index in [4.69, 9.17) is 9.47 Å². The molecule has 0 amide bonds. The van der Waals surface area contributed by atoms with E-state index in [2.05, 4.69) is 57.4 Å². The number of nitrogens with zero attached hydrogens (tertiary/aromatic N) is 3. The smallest absolute Gasteiger partial charge is 0.213 e. The van der Waals surface area contributed by atoms with Gasteiger partial charge >= 0.3 is 0 Å². The van der Waals surface area contributed by atoms with Crippen LogP contribution in [0.15, 0.2) is 53.7 Å². The number of methoxy groups -OCH3 is 1. The first kappa shape index (κ1) is 21.1. The van der Waals surface area contributed by atoms with E-state index in [1.807, 2.05) is 25.4 Å². The molecule has 1 aliphatic heterocycles. The van der Waals surface area contributed by atoms with Gasteiger partial charge in [-0.05, 0) is 29.4 Å². The van der Waals surface area contributed by atoms with Crippen LogP contribution >= 0.6 is 0 Å². The first-order chi connectivity index (χ1) is 14.2. The van der Waals surface area contributed by atoms with E-state index in [9.17, 15) is 0 Å². The number of nitrogens with one attached hydrogen (secondary N) is 1. The Kier molecular flexibility index (Phi) is 7.87. The summed E-state index contributed by atoms with van der Waals surface area (Å²) in [4.78, 5) is 11.2. The third-order valence-corrected chi connectivity index (χ3v) is 5.43. The predicted molar refractivity (Wildman–Crippen MR) is 116 cm³/mol. The molecule has 3 rings (SSSR count). The Balaban J connectivity index is 1.50. The Morgan fingerprint density at radius 3 is 2.69 bits per heavy atom. The lowest BCUT2D eigenvalue weighted by molar-refractivity contribution is 0.143. The number of pyridine rings is 1. The molecule has 2 atom stereocenters. The topological polar surface area (TPSA) is 59.0 Å². The Bertz CT molecular complexity index is 764. The van der Waals surface area contributed by atoms with Crippen molar-refractivity contribution in [2.24, 2.45) is 10.9 Å². The van der Waals surface area contributed by atoms with Crippen LogP contribution < -0.4 is 10.1 Å². The molecule has 1 fully saturated rings. The lowest BCUT2D eigenvalue weighted by Crippen LogP contribution is -2.47. The monoisotopic (exact) mass is 396 g/mol. The number of benzene rings is 1. The summed E-state index contributed by atoms with van der Waals surface area (Å²) in [5, 5.41) is 3.48. The maximum atomic E-state index is 5.51. The van der Waals surface area contributed by atoms with Crippen molar-refractivity contribution in [1.82, 2.24) is 15.2 Å². The van der Waals surface area contributed by atoms with E-state index in [0.29, 0.717) is 37.5 Å². The molecule has 1 saturated heterocycles. The van der Waals surface area contributed by atoms with Crippen LogP contribution in [0.1, 0.15) is 30.4 Å². The Morgan fingerprint density at radius 2 is 2.03 bits per heavy atom. The highest BCUT2D eigenvalue weighted by Crippen LogP contribution is 2.32. The Labute approximate surface area is 174 Å². The van der Waals surface area contributed by atoms with Gasteiger partial charge in [-0.3, -0.25) is 4.99 Å². The second-order valence-corrected chi connectivity index (χ2v) is 7.48. The molecular weight excluding hydrogens is 364 g/mol. The van der Waals surface area contributed by atoms with Crippen molar-refractivity contribution in [3.63, 3.8) is 0 Å². The zero-order valence-corrected chi connectivity index (χ0v) is 17.7. The van der Waals surface area contributed by atoms with Gasteiger partial charge in [-0.2, -0.15) is 0 Å². The molecule has 0 aliphatic carbocycles. The van der Waals surface area contributed by atoms with Crippen LogP contribution in [-0.2, 0) is 11.3 Å². The van der Waals surface area contributed by atoms with Gasteiger partial charge in [0.1, 0.15) is 6.61 Å². The predicted octanol–water partition coefficient (Wildman–Crippen LogP) is 3.31. The number of guanidine groups is 1. The van der Waals surface area contributed by atoms with Crippen molar-refractivity contribution in [3.8, 4) is 5.88 Å². The van der Waals surface area contributed by atoms with E-state index in [1.54, 1.807) is 7.11 Å². The summed E-state index contributed by atoms with van der Waals surface area (Å²) in [6.07, 6.45) is 2.98. The summed E-state index contributed by atoms with van der Waals surface area (Å²) in [5.74, 6) is 2.76. The van der Waals surface area contributed by atoms with E-state index in [-0.39, 0.29) is 0 Å². The van der Waals surface area contributed by atoms with Crippen molar-refractivity contribution >= 4 is 5.96 Å². The van der Waals surface area contributed by atoms with Gasteiger partial charge in [-0.25, -0.2) is 4.98 Å². The summed E-state index contributed by atoms with van der Waals surface area (Å²) < 4.78 is 10.5. The van der Waals surface area contributed by atoms with Gasteiger partial charge in [-0.1, -0.05) is 43.3 Å². The van der Waals surface area contributed by atoms with E-state index >= 15 is 0 Å². The average Bonchev–Trinajstić information content (AvgIpc) is 2.76. The average molecular weight is 397 g/mol. The number of piperidine rings is 1. The fraction of sp³-hybridized carbons (Fsp3) is 0.478. The highest BCUT2D eigenvalue weighted by molar-refractivity contribution is 5.80. The molecule has 156 valence electrons. The minimum Gasteiger partial charge on any atom is -0.475 e.